The van der Waals surface area contributed by atoms with Gasteiger partial charge in [-0.3, -0.25) is 0 Å². The van der Waals surface area contributed by atoms with Gasteiger partial charge in [-0.15, -0.1) is 0 Å². The Labute approximate surface area is 92.0 Å². The molecule has 0 radical (unpaired) electrons. The summed E-state index contributed by atoms with van der Waals surface area (Å²) in [5.74, 6) is 0. The molecule has 0 bridgehead atoms. The molecular formula is C12H23NO2. The number of aliphatic hydroxyl groups is 1. The van der Waals surface area contributed by atoms with Gasteiger partial charge < -0.3 is 15.6 Å². The first-order chi connectivity index (χ1) is 6.87. The first kappa shape index (κ1) is 11.4. The predicted molar refractivity (Wildman–Crippen MR) is 59.6 cm³/mol. The molecule has 2 aliphatic rings. The van der Waals surface area contributed by atoms with Gasteiger partial charge in [0.05, 0.1) is 5.60 Å². The fourth-order valence-corrected chi connectivity index (χ4v) is 3.14. The largest absolute Gasteiger partial charge is 0.388 e. The lowest BCUT2D eigenvalue weighted by Crippen LogP contribution is -2.62. The molecule has 2 rings (SSSR count). The molecule has 1 heterocycles. The zero-order valence-corrected chi connectivity index (χ0v) is 9.88. The zero-order chi connectivity index (χ0) is 11.2. The van der Waals surface area contributed by atoms with Crippen molar-refractivity contribution < 1.29 is 9.84 Å². The summed E-state index contributed by atoms with van der Waals surface area (Å²) in [6.07, 6.45) is 4.33. The summed E-state index contributed by atoms with van der Waals surface area (Å²) >= 11 is 0. The molecule has 15 heavy (non-hydrogen) atoms. The second kappa shape index (κ2) is 3.44. The van der Waals surface area contributed by atoms with Crippen molar-refractivity contribution >= 4 is 0 Å². The third kappa shape index (κ3) is 1.93. The standard InChI is InChI=1S/C12H23NO2/c1-10(2)3-4-12(14,9-10)11(13)5-7-15-8-6-11/h14H,3-9,13H2,1-2H3. The smallest absolute Gasteiger partial charge is 0.0833 e. The number of hydrogen-bond acceptors (Lipinski definition) is 3. The SMILES string of the molecule is CC1(C)CCC(O)(C2(N)CCOCC2)C1. The highest BCUT2D eigenvalue weighted by Gasteiger charge is 2.54. The maximum atomic E-state index is 10.7. The van der Waals surface area contributed by atoms with E-state index in [-0.39, 0.29) is 5.41 Å². The Balaban J connectivity index is 2.15. The van der Waals surface area contributed by atoms with Gasteiger partial charge in [0.2, 0.25) is 0 Å². The first-order valence-corrected chi connectivity index (χ1v) is 5.96. The van der Waals surface area contributed by atoms with Gasteiger partial charge in [0.15, 0.2) is 0 Å². The third-order valence-corrected chi connectivity index (χ3v) is 4.30. The minimum absolute atomic E-state index is 0.236. The summed E-state index contributed by atoms with van der Waals surface area (Å²) in [6.45, 7) is 5.82. The highest BCUT2D eigenvalue weighted by atomic mass is 16.5. The second-order valence-electron chi connectivity index (χ2n) is 6.14. The third-order valence-electron chi connectivity index (χ3n) is 4.30. The van der Waals surface area contributed by atoms with E-state index in [2.05, 4.69) is 13.8 Å². The molecule has 1 saturated carbocycles. The molecule has 3 heteroatoms. The molecule has 1 aliphatic carbocycles. The normalized spacial score (nSPS) is 39.2. The van der Waals surface area contributed by atoms with E-state index in [1.807, 2.05) is 0 Å². The monoisotopic (exact) mass is 213 g/mol. The van der Waals surface area contributed by atoms with E-state index in [4.69, 9.17) is 10.5 Å². The van der Waals surface area contributed by atoms with E-state index >= 15 is 0 Å². The molecule has 1 atom stereocenters. The average Bonchev–Trinajstić information content (AvgIpc) is 2.44. The van der Waals surface area contributed by atoms with Crippen molar-refractivity contribution in [2.24, 2.45) is 11.1 Å². The summed E-state index contributed by atoms with van der Waals surface area (Å²) in [6, 6.07) is 0. The molecule has 0 spiro atoms. The van der Waals surface area contributed by atoms with Crippen molar-refractivity contribution in [1.82, 2.24) is 0 Å². The minimum atomic E-state index is -0.666. The summed E-state index contributed by atoms with van der Waals surface area (Å²) in [4.78, 5) is 0. The van der Waals surface area contributed by atoms with Gasteiger partial charge in [0.25, 0.3) is 0 Å². The van der Waals surface area contributed by atoms with E-state index in [0.717, 1.165) is 32.1 Å². The van der Waals surface area contributed by atoms with Crippen LogP contribution in [0, 0.1) is 5.41 Å². The molecule has 0 aromatic carbocycles. The Morgan fingerprint density at radius 2 is 1.67 bits per heavy atom. The van der Waals surface area contributed by atoms with E-state index in [1.54, 1.807) is 0 Å². The van der Waals surface area contributed by atoms with Crippen LogP contribution in [0.3, 0.4) is 0 Å². The second-order valence-corrected chi connectivity index (χ2v) is 6.14. The van der Waals surface area contributed by atoms with Crippen LogP contribution in [0.5, 0.6) is 0 Å². The van der Waals surface area contributed by atoms with E-state index in [0.29, 0.717) is 13.2 Å². The number of hydrogen-bond donors (Lipinski definition) is 2. The van der Waals surface area contributed by atoms with Crippen molar-refractivity contribution in [3.8, 4) is 0 Å². The highest BCUT2D eigenvalue weighted by Crippen LogP contribution is 2.49. The number of nitrogens with two attached hydrogens (primary N) is 1. The van der Waals surface area contributed by atoms with Crippen LogP contribution in [0.25, 0.3) is 0 Å². The highest BCUT2D eigenvalue weighted by molar-refractivity contribution is 5.10. The summed E-state index contributed by atoms with van der Waals surface area (Å²) < 4.78 is 5.33. The van der Waals surface area contributed by atoms with Gasteiger partial charge in [-0.2, -0.15) is 0 Å². The van der Waals surface area contributed by atoms with Crippen molar-refractivity contribution in [2.45, 2.75) is 57.1 Å². The quantitative estimate of drug-likeness (QED) is 0.693. The van der Waals surface area contributed by atoms with Gasteiger partial charge in [-0.05, 0) is 37.5 Å². The molecular weight excluding hydrogens is 190 g/mol. The molecule has 0 aromatic rings. The molecule has 3 nitrogen and oxygen atoms in total. The molecule has 88 valence electrons. The molecule has 0 amide bonds. The number of ether oxygens (including phenoxy) is 1. The predicted octanol–water partition coefficient (Wildman–Crippen LogP) is 1.44. The van der Waals surface area contributed by atoms with Crippen LogP contribution < -0.4 is 5.73 Å². The molecule has 3 N–H and O–H groups in total. The van der Waals surface area contributed by atoms with Gasteiger partial charge in [-0.25, -0.2) is 0 Å². The Morgan fingerprint density at radius 3 is 2.13 bits per heavy atom. The van der Waals surface area contributed by atoms with Gasteiger partial charge >= 0.3 is 0 Å². The Kier molecular flexibility index (Phi) is 2.61. The number of rotatable bonds is 1. The molecule has 0 aromatic heterocycles. The molecule has 1 aliphatic heterocycles. The van der Waals surface area contributed by atoms with Crippen molar-refractivity contribution in [3.63, 3.8) is 0 Å². The first-order valence-electron chi connectivity index (χ1n) is 5.96. The van der Waals surface area contributed by atoms with Crippen LogP contribution in [0.15, 0.2) is 0 Å². The van der Waals surface area contributed by atoms with E-state index < -0.39 is 11.1 Å². The zero-order valence-electron chi connectivity index (χ0n) is 9.88. The molecule has 1 saturated heterocycles. The Morgan fingerprint density at radius 1 is 1.07 bits per heavy atom. The molecule has 1 unspecified atom stereocenters. The van der Waals surface area contributed by atoms with Crippen LogP contribution in [0.4, 0.5) is 0 Å². The summed E-state index contributed by atoms with van der Waals surface area (Å²) in [5, 5.41) is 10.7. The van der Waals surface area contributed by atoms with E-state index in [9.17, 15) is 5.11 Å². The average molecular weight is 213 g/mol. The van der Waals surface area contributed by atoms with Crippen LogP contribution >= 0.6 is 0 Å². The van der Waals surface area contributed by atoms with E-state index in [1.165, 1.54) is 0 Å². The fourth-order valence-electron chi connectivity index (χ4n) is 3.14. The lowest BCUT2D eigenvalue weighted by Gasteiger charge is -2.45. The van der Waals surface area contributed by atoms with Gasteiger partial charge in [0, 0.05) is 18.8 Å². The van der Waals surface area contributed by atoms with Gasteiger partial charge in [0.1, 0.15) is 0 Å². The molecule has 2 fully saturated rings. The Hall–Kier alpha value is -0.120. The maximum absolute atomic E-state index is 10.7. The van der Waals surface area contributed by atoms with Crippen LogP contribution in [-0.2, 0) is 4.74 Å². The summed E-state index contributed by atoms with van der Waals surface area (Å²) in [7, 11) is 0. The van der Waals surface area contributed by atoms with Crippen molar-refractivity contribution in [1.29, 1.82) is 0 Å². The fraction of sp³-hybridized carbons (Fsp3) is 1.00. The van der Waals surface area contributed by atoms with Crippen LogP contribution in [0.2, 0.25) is 0 Å². The summed E-state index contributed by atoms with van der Waals surface area (Å²) in [5.41, 5.74) is 5.54. The lowest BCUT2D eigenvalue weighted by molar-refractivity contribution is -0.0833. The van der Waals surface area contributed by atoms with Crippen LogP contribution in [0.1, 0.15) is 46.0 Å². The maximum Gasteiger partial charge on any atom is 0.0833 e. The van der Waals surface area contributed by atoms with Crippen molar-refractivity contribution in [2.75, 3.05) is 13.2 Å². The Bertz CT molecular complexity index is 246. The lowest BCUT2D eigenvalue weighted by atomic mass is 9.72. The minimum Gasteiger partial charge on any atom is -0.388 e. The van der Waals surface area contributed by atoms with Crippen LogP contribution in [-0.4, -0.2) is 29.5 Å². The van der Waals surface area contributed by atoms with Gasteiger partial charge in [-0.1, -0.05) is 13.8 Å². The van der Waals surface area contributed by atoms with Crippen molar-refractivity contribution in [3.05, 3.63) is 0 Å². The topological polar surface area (TPSA) is 55.5 Å².